The lowest BCUT2D eigenvalue weighted by Gasteiger charge is -2.22. The Labute approximate surface area is 180 Å². The van der Waals surface area contributed by atoms with Crippen LogP contribution in [0.3, 0.4) is 0 Å². The SMILES string of the molecule is Cc1ccc(NC(=O)[C@H](C)OC(=O)CN2C(=O)N[C@](C)(c3ccc(C)cc3)C2=O)cc1. The van der Waals surface area contributed by atoms with Gasteiger partial charge in [-0.25, -0.2) is 4.79 Å². The molecule has 4 amide bonds. The van der Waals surface area contributed by atoms with Crippen LogP contribution in [0.2, 0.25) is 0 Å². The van der Waals surface area contributed by atoms with Gasteiger partial charge in [0.05, 0.1) is 0 Å². The van der Waals surface area contributed by atoms with Gasteiger partial charge < -0.3 is 15.4 Å². The van der Waals surface area contributed by atoms with E-state index in [-0.39, 0.29) is 0 Å². The smallest absolute Gasteiger partial charge is 0.327 e. The lowest BCUT2D eigenvalue weighted by atomic mass is 9.91. The molecule has 2 N–H and O–H groups in total. The summed E-state index contributed by atoms with van der Waals surface area (Å²) in [6.45, 7) is 6.26. The predicted molar refractivity (Wildman–Crippen MR) is 114 cm³/mol. The van der Waals surface area contributed by atoms with E-state index in [1.165, 1.54) is 6.92 Å². The number of nitrogens with one attached hydrogen (secondary N) is 2. The van der Waals surface area contributed by atoms with Gasteiger partial charge in [-0.15, -0.1) is 0 Å². The third-order valence-corrected chi connectivity index (χ3v) is 5.19. The summed E-state index contributed by atoms with van der Waals surface area (Å²) in [7, 11) is 0. The molecular weight excluding hydrogens is 398 g/mol. The van der Waals surface area contributed by atoms with Crippen molar-refractivity contribution < 1.29 is 23.9 Å². The number of hydrogen-bond acceptors (Lipinski definition) is 5. The van der Waals surface area contributed by atoms with E-state index in [1.807, 2.05) is 38.1 Å². The van der Waals surface area contributed by atoms with E-state index < -0.39 is 42.0 Å². The third kappa shape index (κ3) is 4.74. The molecule has 0 aromatic heterocycles. The van der Waals surface area contributed by atoms with Crippen LogP contribution in [-0.4, -0.2) is 41.4 Å². The monoisotopic (exact) mass is 423 g/mol. The molecule has 0 saturated carbocycles. The molecule has 31 heavy (non-hydrogen) atoms. The average Bonchev–Trinajstić information content (AvgIpc) is 2.94. The van der Waals surface area contributed by atoms with Gasteiger partial charge in [0.2, 0.25) is 0 Å². The molecule has 0 unspecified atom stereocenters. The quantitative estimate of drug-likeness (QED) is 0.549. The molecule has 1 aliphatic heterocycles. The van der Waals surface area contributed by atoms with E-state index in [0.29, 0.717) is 11.3 Å². The molecule has 1 heterocycles. The number of carbonyl (C=O) groups is 4. The topological polar surface area (TPSA) is 105 Å². The first kappa shape index (κ1) is 22.0. The normalized spacial score (nSPS) is 19.0. The number of rotatable bonds is 6. The van der Waals surface area contributed by atoms with Crippen LogP contribution < -0.4 is 10.6 Å². The third-order valence-electron chi connectivity index (χ3n) is 5.19. The van der Waals surface area contributed by atoms with Crippen molar-refractivity contribution in [2.75, 3.05) is 11.9 Å². The number of carbonyl (C=O) groups excluding carboxylic acids is 4. The molecule has 2 atom stereocenters. The fraction of sp³-hybridized carbons (Fsp3) is 0.304. The van der Waals surface area contributed by atoms with Crippen molar-refractivity contribution in [3.63, 3.8) is 0 Å². The molecule has 0 bridgehead atoms. The molecule has 0 spiro atoms. The first-order valence-electron chi connectivity index (χ1n) is 9.88. The van der Waals surface area contributed by atoms with Crippen molar-refractivity contribution in [2.24, 2.45) is 0 Å². The van der Waals surface area contributed by atoms with Crippen LogP contribution in [0.15, 0.2) is 48.5 Å². The van der Waals surface area contributed by atoms with Gasteiger partial charge in [0.25, 0.3) is 11.8 Å². The summed E-state index contributed by atoms with van der Waals surface area (Å²) in [5, 5.41) is 5.28. The summed E-state index contributed by atoms with van der Waals surface area (Å²) in [5.41, 5.74) is 1.96. The van der Waals surface area contributed by atoms with Crippen LogP contribution in [0.5, 0.6) is 0 Å². The Morgan fingerprint density at radius 1 is 1.03 bits per heavy atom. The minimum absolute atomic E-state index is 0.515. The number of hydrogen-bond donors (Lipinski definition) is 2. The van der Waals surface area contributed by atoms with Crippen LogP contribution in [0.25, 0.3) is 0 Å². The number of esters is 1. The molecule has 3 rings (SSSR count). The van der Waals surface area contributed by atoms with Crippen molar-refractivity contribution in [3.8, 4) is 0 Å². The zero-order valence-electron chi connectivity index (χ0n) is 17.9. The summed E-state index contributed by atoms with van der Waals surface area (Å²) in [6, 6.07) is 13.7. The minimum atomic E-state index is -1.28. The lowest BCUT2D eigenvalue weighted by molar-refractivity contribution is -0.155. The molecule has 8 nitrogen and oxygen atoms in total. The summed E-state index contributed by atoms with van der Waals surface area (Å²) in [5.74, 6) is -1.93. The zero-order chi connectivity index (χ0) is 22.8. The van der Waals surface area contributed by atoms with E-state index in [1.54, 1.807) is 31.2 Å². The van der Waals surface area contributed by atoms with Gasteiger partial charge in [0, 0.05) is 5.69 Å². The van der Waals surface area contributed by atoms with Gasteiger partial charge in [0.1, 0.15) is 12.1 Å². The minimum Gasteiger partial charge on any atom is -0.451 e. The largest absolute Gasteiger partial charge is 0.451 e. The van der Waals surface area contributed by atoms with Crippen molar-refractivity contribution >= 4 is 29.5 Å². The first-order valence-corrected chi connectivity index (χ1v) is 9.88. The molecule has 162 valence electrons. The van der Waals surface area contributed by atoms with Crippen molar-refractivity contribution in [3.05, 3.63) is 65.2 Å². The van der Waals surface area contributed by atoms with E-state index in [4.69, 9.17) is 4.74 Å². The molecular formula is C23H25N3O5. The highest BCUT2D eigenvalue weighted by Crippen LogP contribution is 2.29. The van der Waals surface area contributed by atoms with Gasteiger partial charge in [-0.3, -0.25) is 19.3 Å². The van der Waals surface area contributed by atoms with Gasteiger partial charge in [0.15, 0.2) is 6.10 Å². The Balaban J connectivity index is 1.61. The molecule has 0 radical (unpaired) electrons. The second-order valence-electron chi connectivity index (χ2n) is 7.80. The lowest BCUT2D eigenvalue weighted by Crippen LogP contribution is -2.42. The number of amides is 4. The van der Waals surface area contributed by atoms with Crippen LogP contribution in [0, 0.1) is 13.8 Å². The summed E-state index contributed by atoms with van der Waals surface area (Å²) >= 11 is 0. The molecule has 2 aromatic carbocycles. The number of anilines is 1. The fourth-order valence-corrected chi connectivity index (χ4v) is 3.22. The predicted octanol–water partition coefficient (Wildman–Crippen LogP) is 2.64. The zero-order valence-corrected chi connectivity index (χ0v) is 17.9. The molecule has 1 aliphatic rings. The second kappa shape index (κ2) is 8.59. The van der Waals surface area contributed by atoms with E-state index in [9.17, 15) is 19.2 Å². The van der Waals surface area contributed by atoms with Gasteiger partial charge in [-0.05, 0) is 45.4 Å². The Morgan fingerprint density at radius 2 is 1.58 bits per heavy atom. The molecule has 1 saturated heterocycles. The number of nitrogens with zero attached hydrogens (tertiary/aromatic N) is 1. The van der Waals surface area contributed by atoms with Crippen LogP contribution >= 0.6 is 0 Å². The maximum atomic E-state index is 12.9. The Bertz CT molecular complexity index is 1020. The van der Waals surface area contributed by atoms with E-state index in [2.05, 4.69) is 10.6 Å². The van der Waals surface area contributed by atoms with Crippen molar-refractivity contribution in [2.45, 2.75) is 39.3 Å². The number of urea groups is 1. The average molecular weight is 423 g/mol. The maximum absolute atomic E-state index is 12.9. The highest BCUT2D eigenvalue weighted by molar-refractivity contribution is 6.09. The van der Waals surface area contributed by atoms with Crippen molar-refractivity contribution in [1.29, 1.82) is 0 Å². The van der Waals surface area contributed by atoms with Gasteiger partial charge in [-0.2, -0.15) is 0 Å². The van der Waals surface area contributed by atoms with Gasteiger partial charge >= 0.3 is 12.0 Å². The summed E-state index contributed by atoms with van der Waals surface area (Å²) < 4.78 is 5.13. The van der Waals surface area contributed by atoms with Crippen LogP contribution in [-0.2, 0) is 24.7 Å². The van der Waals surface area contributed by atoms with Gasteiger partial charge in [-0.1, -0.05) is 47.5 Å². The van der Waals surface area contributed by atoms with Crippen LogP contribution in [0.4, 0.5) is 10.5 Å². The molecule has 1 fully saturated rings. The number of aryl methyl sites for hydroxylation is 2. The molecule has 2 aromatic rings. The van der Waals surface area contributed by atoms with E-state index >= 15 is 0 Å². The fourth-order valence-electron chi connectivity index (χ4n) is 3.22. The van der Waals surface area contributed by atoms with E-state index in [0.717, 1.165) is 16.0 Å². The summed E-state index contributed by atoms with van der Waals surface area (Å²) in [4.78, 5) is 50.7. The van der Waals surface area contributed by atoms with Crippen molar-refractivity contribution in [1.82, 2.24) is 10.2 Å². The van der Waals surface area contributed by atoms with Crippen LogP contribution in [0.1, 0.15) is 30.5 Å². The Kier molecular flexibility index (Phi) is 6.10. The molecule has 0 aliphatic carbocycles. The standard InChI is InChI=1S/C23H25N3O5/c1-14-5-9-17(10-6-14)23(4)21(29)26(22(30)25-23)13-19(27)31-16(3)20(28)24-18-11-7-15(2)8-12-18/h5-12,16H,13H2,1-4H3,(H,24,28)(H,25,30)/t16-,23+/m0/s1. The second-order valence-corrected chi connectivity index (χ2v) is 7.80. The number of imide groups is 1. The number of benzene rings is 2. The maximum Gasteiger partial charge on any atom is 0.327 e. The highest BCUT2D eigenvalue weighted by atomic mass is 16.5. The first-order chi connectivity index (χ1) is 14.6. The highest BCUT2D eigenvalue weighted by Gasteiger charge is 2.49. The Hall–Kier alpha value is -3.68. The summed E-state index contributed by atoms with van der Waals surface area (Å²) in [6.07, 6.45) is -1.10. The Morgan fingerprint density at radius 3 is 2.16 bits per heavy atom. The number of ether oxygens (including phenoxy) is 1. The molecule has 8 heteroatoms.